The Bertz CT molecular complexity index is 977. The lowest BCUT2D eigenvalue weighted by Crippen LogP contribution is -2.36. The van der Waals surface area contributed by atoms with Crippen LogP contribution >= 0.6 is 23.4 Å². The summed E-state index contributed by atoms with van der Waals surface area (Å²) in [6.45, 7) is 1.20. The van der Waals surface area contributed by atoms with Crippen LogP contribution in [0.3, 0.4) is 0 Å². The van der Waals surface area contributed by atoms with E-state index in [1.165, 1.54) is 47.5 Å². The Labute approximate surface area is 189 Å². The summed E-state index contributed by atoms with van der Waals surface area (Å²) in [6.07, 6.45) is 0. The number of carbonyl (C=O) groups is 2. The number of carbonyl (C=O) groups excluding carboxylic acids is 2. The summed E-state index contributed by atoms with van der Waals surface area (Å²) in [6, 6.07) is 6.26. The van der Waals surface area contributed by atoms with E-state index < -0.39 is 17.7 Å². The summed E-state index contributed by atoms with van der Waals surface area (Å²) in [7, 11) is 5.70. The molecule has 1 atom stereocenters. The van der Waals surface area contributed by atoms with Crippen LogP contribution in [0.2, 0.25) is 5.02 Å². The molecule has 0 aliphatic rings. The molecule has 0 N–H and O–H groups in total. The van der Waals surface area contributed by atoms with E-state index in [9.17, 15) is 9.59 Å². The van der Waals surface area contributed by atoms with Crippen LogP contribution in [0.1, 0.15) is 6.92 Å². The summed E-state index contributed by atoms with van der Waals surface area (Å²) in [4.78, 5) is 25.2. The average molecular weight is 470 g/mol. The topological polar surface area (TPSA) is 99.0 Å². The van der Waals surface area contributed by atoms with Crippen molar-refractivity contribution in [1.29, 1.82) is 0 Å². The lowest BCUT2D eigenvalue weighted by molar-refractivity contribution is -0.126. The van der Waals surface area contributed by atoms with Crippen LogP contribution in [0.5, 0.6) is 23.0 Å². The first-order chi connectivity index (χ1) is 14.8. The van der Waals surface area contributed by atoms with Crippen molar-refractivity contribution in [1.82, 2.24) is 0 Å². The number of Topliss-reactive ketones (excluding diaryl/α,β-unsaturated/α-hetero) is 1. The third-order valence-corrected chi connectivity index (χ3v) is 4.78. The van der Waals surface area contributed by atoms with E-state index >= 15 is 0 Å². The lowest BCUT2D eigenvalue weighted by atomic mass is 10.2. The molecular formula is C20H21Cl2N3O6. The quantitative estimate of drug-likeness (QED) is 0.302. The molecule has 2 rings (SSSR count). The third-order valence-electron chi connectivity index (χ3n) is 4.14. The summed E-state index contributed by atoms with van der Waals surface area (Å²) in [5, 5.41) is 8.13. The molecule has 0 aliphatic heterocycles. The van der Waals surface area contributed by atoms with Crippen LogP contribution in [0.15, 0.2) is 40.6 Å². The van der Waals surface area contributed by atoms with Crippen LogP contribution < -0.4 is 23.4 Å². The maximum Gasteiger partial charge on any atom is 0.276 e. The van der Waals surface area contributed by atoms with Crippen LogP contribution in [-0.4, -0.2) is 46.2 Å². The number of nitrogens with zero attached hydrogens (tertiary/aromatic N) is 3. The minimum Gasteiger partial charge on any atom is -0.495 e. The van der Waals surface area contributed by atoms with E-state index in [0.29, 0.717) is 5.75 Å². The van der Waals surface area contributed by atoms with Crippen molar-refractivity contribution in [3.05, 3.63) is 35.4 Å². The second-order valence-corrected chi connectivity index (χ2v) is 6.76. The van der Waals surface area contributed by atoms with Crippen LogP contribution in [0.4, 0.5) is 11.4 Å². The smallest absolute Gasteiger partial charge is 0.276 e. The monoisotopic (exact) mass is 469 g/mol. The highest BCUT2D eigenvalue weighted by Crippen LogP contribution is 2.40. The first-order valence-electron chi connectivity index (χ1n) is 8.82. The van der Waals surface area contributed by atoms with Crippen molar-refractivity contribution in [3.63, 3.8) is 0 Å². The highest BCUT2D eigenvalue weighted by Gasteiger charge is 2.32. The Morgan fingerprint density at radius 1 is 0.935 bits per heavy atom. The van der Waals surface area contributed by atoms with Crippen molar-refractivity contribution in [2.24, 2.45) is 10.2 Å². The molecule has 1 unspecified atom stereocenters. The number of benzene rings is 2. The Hall–Kier alpha value is -3.04. The second kappa shape index (κ2) is 10.8. The van der Waals surface area contributed by atoms with Gasteiger partial charge >= 0.3 is 0 Å². The van der Waals surface area contributed by atoms with E-state index in [2.05, 4.69) is 10.2 Å². The van der Waals surface area contributed by atoms with Gasteiger partial charge in [-0.3, -0.25) is 9.59 Å². The van der Waals surface area contributed by atoms with Crippen molar-refractivity contribution in [2.75, 3.05) is 32.9 Å². The van der Waals surface area contributed by atoms with Crippen molar-refractivity contribution >= 4 is 46.4 Å². The molecule has 31 heavy (non-hydrogen) atoms. The molecule has 0 fully saturated rings. The predicted octanol–water partition coefficient (Wildman–Crippen LogP) is 4.60. The molecule has 11 heteroatoms. The number of ether oxygens (including phenoxy) is 4. The molecule has 0 saturated carbocycles. The molecule has 0 bridgehead atoms. The van der Waals surface area contributed by atoms with Gasteiger partial charge in [0.2, 0.25) is 6.04 Å². The molecule has 166 valence electrons. The number of halogens is 2. The molecule has 0 aliphatic carbocycles. The summed E-state index contributed by atoms with van der Waals surface area (Å²) < 4.78 is 21.6. The van der Waals surface area contributed by atoms with E-state index in [4.69, 9.17) is 42.3 Å². The maximum absolute atomic E-state index is 13.0. The van der Waals surface area contributed by atoms with Gasteiger partial charge in [0.15, 0.2) is 5.78 Å². The molecule has 0 spiro atoms. The zero-order valence-corrected chi connectivity index (χ0v) is 19.0. The highest BCUT2D eigenvalue weighted by molar-refractivity contribution is 6.40. The van der Waals surface area contributed by atoms with Crippen molar-refractivity contribution < 1.29 is 28.5 Å². The molecule has 0 aromatic heterocycles. The molecular weight excluding hydrogens is 449 g/mol. The first-order valence-corrected chi connectivity index (χ1v) is 9.54. The number of hydrogen-bond acceptors (Lipinski definition) is 8. The molecule has 0 radical (unpaired) electrons. The van der Waals surface area contributed by atoms with Gasteiger partial charge in [-0.05, 0) is 25.1 Å². The molecule has 9 nitrogen and oxygen atoms in total. The van der Waals surface area contributed by atoms with Gasteiger partial charge in [0.05, 0.1) is 33.5 Å². The SMILES string of the molecule is COc1cc(OC)c(N=NC(C(C)=O)C(=O)N(Cl)c2c(OC)cccc2OC)cc1Cl. The van der Waals surface area contributed by atoms with Gasteiger partial charge in [-0.25, -0.2) is 4.42 Å². The second-order valence-electron chi connectivity index (χ2n) is 6.02. The largest absolute Gasteiger partial charge is 0.495 e. The van der Waals surface area contributed by atoms with Crippen molar-refractivity contribution in [3.8, 4) is 23.0 Å². The van der Waals surface area contributed by atoms with Gasteiger partial charge in [0.1, 0.15) is 34.4 Å². The van der Waals surface area contributed by atoms with Crippen molar-refractivity contribution in [2.45, 2.75) is 13.0 Å². The summed E-state index contributed by atoms with van der Waals surface area (Å²) in [5.74, 6) is -0.233. The van der Waals surface area contributed by atoms with E-state index in [1.54, 1.807) is 18.2 Å². The number of hydrogen-bond donors (Lipinski definition) is 0. The number of azo groups is 1. The Kier molecular flexibility index (Phi) is 8.47. The van der Waals surface area contributed by atoms with Crippen LogP contribution in [0, 0.1) is 0 Å². The Morgan fingerprint density at radius 3 is 1.97 bits per heavy atom. The predicted molar refractivity (Wildman–Crippen MR) is 116 cm³/mol. The van der Waals surface area contributed by atoms with Crippen LogP contribution in [0.25, 0.3) is 0 Å². The first kappa shape index (κ1) is 24.2. The zero-order chi connectivity index (χ0) is 23.1. The third kappa shape index (κ3) is 5.36. The van der Waals surface area contributed by atoms with Gasteiger partial charge in [0, 0.05) is 17.8 Å². The van der Waals surface area contributed by atoms with Gasteiger partial charge < -0.3 is 18.9 Å². The zero-order valence-electron chi connectivity index (χ0n) is 17.5. The molecule has 0 saturated heterocycles. The number of methoxy groups -OCH3 is 4. The van der Waals surface area contributed by atoms with Gasteiger partial charge in [0.25, 0.3) is 5.91 Å². The number of anilines is 1. The average Bonchev–Trinajstić information content (AvgIpc) is 2.77. The van der Waals surface area contributed by atoms with Crippen LogP contribution in [-0.2, 0) is 9.59 Å². The molecule has 0 heterocycles. The fraction of sp³-hybridized carbons (Fsp3) is 0.300. The fourth-order valence-corrected chi connectivity index (χ4v) is 3.08. The van der Waals surface area contributed by atoms with E-state index in [0.717, 1.165) is 4.42 Å². The number of amides is 1. The highest BCUT2D eigenvalue weighted by atomic mass is 35.5. The number of ketones is 1. The minimum absolute atomic E-state index is 0.130. The Morgan fingerprint density at radius 2 is 1.48 bits per heavy atom. The number of para-hydroxylation sites is 1. The van der Waals surface area contributed by atoms with E-state index in [1.807, 2.05) is 0 Å². The summed E-state index contributed by atoms with van der Waals surface area (Å²) in [5.41, 5.74) is 0.328. The van der Waals surface area contributed by atoms with E-state index in [-0.39, 0.29) is 33.6 Å². The van der Waals surface area contributed by atoms with Gasteiger partial charge in [-0.1, -0.05) is 17.7 Å². The van der Waals surface area contributed by atoms with Gasteiger partial charge in [-0.2, -0.15) is 10.2 Å². The molecule has 1 amide bonds. The Balaban J connectivity index is 2.43. The summed E-state index contributed by atoms with van der Waals surface area (Å²) >= 11 is 12.4. The maximum atomic E-state index is 13.0. The standard InChI is InChI=1S/C20H21Cl2N3O6/c1-11(26)18(24-23-13-9-12(21)16(30-4)10-17(13)31-5)20(27)25(22)19-14(28-2)7-6-8-15(19)29-3/h6-10,18H,1-5H3. The normalized spacial score (nSPS) is 11.7. The van der Waals surface area contributed by atoms with Gasteiger partial charge in [-0.15, -0.1) is 0 Å². The fourth-order valence-electron chi connectivity index (χ4n) is 2.59. The number of rotatable bonds is 9. The molecule has 2 aromatic carbocycles. The molecule has 2 aromatic rings. The lowest BCUT2D eigenvalue weighted by Gasteiger charge is -2.21. The minimum atomic E-state index is -1.53.